The second-order valence-corrected chi connectivity index (χ2v) is 36.6. The van der Waals surface area contributed by atoms with Gasteiger partial charge in [0.05, 0.1) is 89.5 Å². The highest BCUT2D eigenvalue weighted by atomic mass is 16.5. The number of aromatic nitrogens is 23. The number of likely N-dealkylation sites (tertiary alicyclic amines) is 3. The SMILES string of the molecule is C=C1CCCCN1Cc1nc2c([nH]1)c(N)nc1cc(-c3ccn[nH]3)ccc12.C=C1OCCN1Cc1nc2c([nH]1)c(N)nc1cc(-c3ccn[nH]3)ccc12.CCCCn1c(CN2CCCC2=O)nc2c(N)nc3cc(-c4cccnc4)ccc3c21.CN1CCN(Cc2nc3c([nH]2)c(N)nc2cc(-c4ccn[nH]4)ccc23)C1=O.Nc1nc2cc(-c3cccnc3)ccc2c2nc(CN3CC(c4ccccc4)CC3=O)[nH]c12. The molecule has 5 fully saturated rings. The number of hydrogen-bond acceptors (Lipinski definition) is 26. The number of aryl methyl sites for hydroxylation is 1. The van der Waals surface area contributed by atoms with Gasteiger partial charge in [-0.15, -0.1) is 0 Å². The lowest BCUT2D eigenvalue weighted by Gasteiger charge is -2.30. The van der Waals surface area contributed by atoms with Crippen molar-refractivity contribution in [2.75, 3.05) is 81.6 Å². The molecular formula is C106H104N34O4. The van der Waals surface area contributed by atoms with Gasteiger partial charge in [-0.05, 0) is 140 Å². The summed E-state index contributed by atoms with van der Waals surface area (Å²) in [4.78, 5) is 117. The summed E-state index contributed by atoms with van der Waals surface area (Å²) >= 11 is 0. The molecule has 1 atom stereocenters. The van der Waals surface area contributed by atoms with Gasteiger partial charge in [0, 0.05) is 169 Å². The van der Waals surface area contributed by atoms with Crippen LogP contribution in [0.25, 0.3) is 166 Å². The molecule has 1 unspecified atom stereocenters. The van der Waals surface area contributed by atoms with E-state index in [-0.39, 0.29) is 23.8 Å². The first-order valence-corrected chi connectivity index (χ1v) is 48.1. The zero-order chi connectivity index (χ0) is 98.3. The summed E-state index contributed by atoms with van der Waals surface area (Å²) in [5.74, 6) is 7.34. The molecule has 20 heterocycles. The molecule has 21 aromatic rings. The van der Waals surface area contributed by atoms with Gasteiger partial charge in [-0.25, -0.2) is 54.6 Å². The number of anilines is 5. The Kier molecular flexibility index (Phi) is 24.5. The highest BCUT2D eigenvalue weighted by Gasteiger charge is 2.34. The third-order valence-electron chi connectivity index (χ3n) is 27.2. The number of imidazole rings is 5. The number of hydrogen-bond donors (Lipinski definition) is 12. The number of urea groups is 1. The van der Waals surface area contributed by atoms with Crippen molar-refractivity contribution in [3.05, 3.63) is 267 Å². The number of nitrogen functional groups attached to an aromatic ring is 5. The molecule has 5 aliphatic rings. The molecule has 26 rings (SSSR count). The maximum absolute atomic E-state index is 12.7. The number of ether oxygens (including phenoxy) is 1. The minimum Gasteiger partial charge on any atom is -0.478 e. The molecule has 6 aromatic carbocycles. The van der Waals surface area contributed by atoms with E-state index in [1.807, 2.05) is 161 Å². The minimum absolute atomic E-state index is 0.00982. The fraction of sp³-hybridized carbons (Fsp3) is 0.226. The Morgan fingerprint density at radius 3 is 1.30 bits per heavy atom. The van der Waals surface area contributed by atoms with Crippen LogP contribution in [0.4, 0.5) is 33.9 Å². The molecule has 17 N–H and O–H groups in total. The molecule has 0 radical (unpaired) electrons. The summed E-state index contributed by atoms with van der Waals surface area (Å²) in [6.45, 7) is 19.2. The minimum atomic E-state index is 0.00982. The molecule has 144 heavy (non-hydrogen) atoms. The number of nitrogens with zero attached hydrogens (tertiary/aromatic N) is 22. The lowest BCUT2D eigenvalue weighted by atomic mass is 9.99. The third kappa shape index (κ3) is 18.2. The first-order valence-electron chi connectivity index (χ1n) is 48.1. The topological polar surface area (TPSA) is 519 Å². The highest BCUT2D eigenvalue weighted by molar-refractivity contribution is 6.12. The number of carbonyl (C=O) groups excluding carboxylic acids is 3. The number of piperidine rings is 1. The third-order valence-corrected chi connectivity index (χ3v) is 27.2. The summed E-state index contributed by atoms with van der Waals surface area (Å²) in [5, 5.41) is 25.7. The second-order valence-electron chi connectivity index (χ2n) is 36.6. The van der Waals surface area contributed by atoms with Crippen molar-refractivity contribution < 1.29 is 19.1 Å². The number of aromatic amines is 7. The van der Waals surface area contributed by atoms with Crippen molar-refractivity contribution in [2.24, 2.45) is 0 Å². The van der Waals surface area contributed by atoms with Crippen LogP contribution in [0.5, 0.6) is 0 Å². The van der Waals surface area contributed by atoms with Crippen molar-refractivity contribution in [3.63, 3.8) is 0 Å². The first kappa shape index (κ1) is 90.9. The molecule has 5 aliphatic heterocycles. The van der Waals surface area contributed by atoms with E-state index in [4.69, 9.17) is 58.3 Å². The maximum Gasteiger partial charge on any atom is 0.320 e. The first-order chi connectivity index (χ1) is 70.3. The molecule has 722 valence electrons. The van der Waals surface area contributed by atoms with Crippen LogP contribution in [0.1, 0.15) is 98.9 Å². The van der Waals surface area contributed by atoms with Gasteiger partial charge >= 0.3 is 6.03 Å². The summed E-state index contributed by atoms with van der Waals surface area (Å²) < 4.78 is 7.64. The Balaban J connectivity index is 0.000000103. The summed E-state index contributed by atoms with van der Waals surface area (Å²) in [6.07, 6.45) is 20.0. The van der Waals surface area contributed by atoms with E-state index < -0.39 is 0 Å². The Bertz CT molecular complexity index is 8290. The molecular weight excluding hydrogens is 1810 g/mol. The van der Waals surface area contributed by atoms with E-state index >= 15 is 0 Å². The van der Waals surface area contributed by atoms with E-state index in [0.717, 1.165) is 237 Å². The number of pyridine rings is 7. The summed E-state index contributed by atoms with van der Waals surface area (Å²) in [7, 11) is 1.80. The molecule has 0 aliphatic carbocycles. The molecule has 38 nitrogen and oxygen atoms in total. The van der Waals surface area contributed by atoms with E-state index in [9.17, 15) is 14.4 Å². The number of nitrogens with two attached hydrogens (primary N) is 5. The van der Waals surface area contributed by atoms with Crippen LogP contribution in [0.3, 0.4) is 0 Å². The van der Waals surface area contributed by atoms with Crippen molar-refractivity contribution in [1.82, 2.24) is 144 Å². The van der Waals surface area contributed by atoms with E-state index in [1.165, 1.54) is 24.1 Å². The van der Waals surface area contributed by atoms with Gasteiger partial charge in [0.25, 0.3) is 0 Å². The number of allylic oxidation sites excluding steroid dienone is 1. The normalized spacial score (nSPS) is 15.0. The van der Waals surface area contributed by atoms with Gasteiger partial charge in [0.1, 0.15) is 109 Å². The average molecular weight is 1920 g/mol. The molecule has 0 saturated carbocycles. The second kappa shape index (κ2) is 38.8. The van der Waals surface area contributed by atoms with Crippen LogP contribution < -0.4 is 28.7 Å². The molecule has 0 spiro atoms. The Morgan fingerprint density at radius 2 is 0.861 bits per heavy atom. The van der Waals surface area contributed by atoms with Gasteiger partial charge in [0.2, 0.25) is 11.8 Å². The van der Waals surface area contributed by atoms with Crippen LogP contribution in [0, 0.1) is 0 Å². The van der Waals surface area contributed by atoms with Crippen LogP contribution in [-0.2, 0) is 53.6 Å². The standard InChI is InChI=1S/C26H22N6O.C24H26N6O.C20H21N7.C18H18N8O.C18H17N7O/c27-26-25-24(20-9-8-17(11-21(20)29-26)18-7-4-10-28-13-18)30-22(31-25)15-32-14-19(12-23(32)33)16-5-2-1-3-6-16;1-2-3-12-30-20(15-29-11-5-7-21(29)31)28-22-23(30)18-9-8-16(13-19(18)27-24(22)25)17-6-4-10-26-14-17;1-12-4-2-3-9-27(12)11-17-24-18-14-6-5-13(15-7-8-22-26-15)10-16(14)23-20(21)19(18)25-17;1-25-6-7-26(18(25)27)9-14-22-15-11-3-2-10(12-4-5-20-24-12)8-13(11)21-17(19)16(15)23-14;1-10-25(6-7-26-10)9-15-22-16-12-3-2-11(13-4-5-20-24-13)8-14(12)21-18(19)17(16)23-15/h1-11,13,19H,12,14-15H2,(H2,27,29)(H,30,31);4,6,8-10,13-14H,2-3,5,7,11-12,15H2,1H3,(H2,25,27);5-8,10H,1-4,9,11H2,(H2,21,23)(H,22,26)(H,24,25);2-5,8H,6-7,9H2,1H3,(H2,19,21)(H,20,24)(H,22,23);2-5,8H,1,6-7,9H2,(H2,19,21)(H,20,24)(H,22,23). The Morgan fingerprint density at radius 1 is 0.403 bits per heavy atom. The molecule has 38 heteroatoms. The lowest BCUT2D eigenvalue weighted by molar-refractivity contribution is -0.129. The zero-order valence-electron chi connectivity index (χ0n) is 79.3. The Hall–Kier alpha value is -18.3. The predicted molar refractivity (Wildman–Crippen MR) is 558 cm³/mol. The quantitative estimate of drug-likeness (QED) is 0.0358. The number of unbranched alkanes of at least 4 members (excludes halogenated alkanes) is 1. The zero-order valence-corrected chi connectivity index (χ0v) is 79.3. The molecule has 15 aromatic heterocycles. The fourth-order valence-corrected chi connectivity index (χ4v) is 19.6. The molecule has 4 amide bonds. The predicted octanol–water partition coefficient (Wildman–Crippen LogP) is 16.3. The Labute approximate surface area is 823 Å². The van der Waals surface area contributed by atoms with Gasteiger partial charge in [-0.2, -0.15) is 15.3 Å². The molecule has 5 saturated heterocycles. The van der Waals surface area contributed by atoms with Gasteiger partial charge in [0.15, 0.2) is 11.7 Å². The highest BCUT2D eigenvalue weighted by Crippen LogP contribution is 2.40. The fourth-order valence-electron chi connectivity index (χ4n) is 19.6. The van der Waals surface area contributed by atoms with Crippen LogP contribution in [0.15, 0.2) is 232 Å². The number of likely N-dealkylation sites (N-methyl/N-ethyl adjacent to an activating group) is 1. The van der Waals surface area contributed by atoms with Crippen molar-refractivity contribution in [2.45, 2.75) is 103 Å². The number of amides is 4. The van der Waals surface area contributed by atoms with E-state index in [1.54, 1.807) is 47.8 Å². The lowest BCUT2D eigenvalue weighted by Crippen LogP contribution is -2.29. The number of benzene rings is 6. The van der Waals surface area contributed by atoms with Gasteiger partial charge in [-0.1, -0.05) is 98.8 Å². The largest absolute Gasteiger partial charge is 0.478 e. The van der Waals surface area contributed by atoms with Crippen molar-refractivity contribution >= 4 is 157 Å². The van der Waals surface area contributed by atoms with Crippen LogP contribution >= 0.6 is 0 Å². The van der Waals surface area contributed by atoms with Crippen molar-refractivity contribution in [1.29, 1.82) is 0 Å². The summed E-state index contributed by atoms with van der Waals surface area (Å²) in [6, 6.07) is 54.2. The van der Waals surface area contributed by atoms with Crippen LogP contribution in [-0.4, -0.2) is 215 Å². The molecule has 0 bridgehead atoms. The number of H-pyrrole nitrogens is 7. The summed E-state index contributed by atoms with van der Waals surface area (Å²) in [5.41, 5.74) is 55.5. The maximum atomic E-state index is 12.7. The smallest absolute Gasteiger partial charge is 0.320 e. The van der Waals surface area contributed by atoms with Gasteiger partial charge < -0.3 is 87.3 Å². The van der Waals surface area contributed by atoms with Crippen LogP contribution in [0.2, 0.25) is 0 Å². The van der Waals surface area contributed by atoms with E-state index in [0.29, 0.717) is 116 Å². The monoisotopic (exact) mass is 1920 g/mol. The number of rotatable bonds is 19. The average Bonchev–Trinajstić information content (AvgIpc) is 1.55. The van der Waals surface area contributed by atoms with E-state index in [2.05, 4.69) is 145 Å². The van der Waals surface area contributed by atoms with Gasteiger partial charge in [-0.3, -0.25) is 34.9 Å². The van der Waals surface area contributed by atoms with Crippen molar-refractivity contribution in [3.8, 4) is 56.0 Å². The number of carbonyl (C=O) groups is 3. The number of nitrogens with one attached hydrogen (secondary N) is 7. The number of fused-ring (bicyclic) bond motifs is 15.